The standard InChI is InChI=1S/C27H29FN6O2/c1-18(2)10-15-30-27(36)26(20-11-13-29-14-12-20)34(21-9-8-19(3)22(28)16-21)25(35)17-33-24-7-5-4-6-23(24)31-32-33/h4-9,11-14,16,18,26H,10,15,17H2,1-3H3,(H,30,36)/t26-/m1/s1. The van der Waals surface area contributed by atoms with Gasteiger partial charge in [-0.2, -0.15) is 0 Å². The van der Waals surface area contributed by atoms with Crippen molar-refractivity contribution in [3.05, 3.63) is 83.9 Å². The third-order valence-electron chi connectivity index (χ3n) is 5.96. The van der Waals surface area contributed by atoms with Gasteiger partial charge in [-0.15, -0.1) is 5.10 Å². The minimum atomic E-state index is -1.04. The van der Waals surface area contributed by atoms with Gasteiger partial charge in [0.05, 0.1) is 5.52 Å². The number of carbonyl (C=O) groups excluding carboxylic acids is 2. The maximum atomic E-state index is 14.7. The van der Waals surface area contributed by atoms with Crippen LogP contribution in [0.4, 0.5) is 10.1 Å². The number of rotatable bonds is 9. The van der Waals surface area contributed by atoms with Crippen molar-refractivity contribution in [1.29, 1.82) is 0 Å². The van der Waals surface area contributed by atoms with Crippen molar-refractivity contribution in [3.8, 4) is 0 Å². The molecule has 0 aliphatic carbocycles. The molecular formula is C27H29FN6O2. The third-order valence-corrected chi connectivity index (χ3v) is 5.96. The van der Waals surface area contributed by atoms with Crippen molar-refractivity contribution in [2.24, 2.45) is 5.92 Å². The first kappa shape index (κ1) is 25.0. The van der Waals surface area contributed by atoms with E-state index >= 15 is 0 Å². The molecule has 2 heterocycles. The maximum absolute atomic E-state index is 14.7. The van der Waals surface area contributed by atoms with Gasteiger partial charge in [0.15, 0.2) is 0 Å². The van der Waals surface area contributed by atoms with E-state index in [1.165, 1.54) is 15.6 Å². The number of aryl methyl sites for hydroxylation is 1. The number of fused-ring (bicyclic) bond motifs is 1. The van der Waals surface area contributed by atoms with Crippen LogP contribution in [0.25, 0.3) is 11.0 Å². The van der Waals surface area contributed by atoms with Crippen molar-refractivity contribution in [2.45, 2.75) is 39.8 Å². The van der Waals surface area contributed by atoms with Gasteiger partial charge < -0.3 is 5.32 Å². The van der Waals surface area contributed by atoms with E-state index in [2.05, 4.69) is 34.5 Å². The summed E-state index contributed by atoms with van der Waals surface area (Å²) in [5.41, 5.74) is 2.60. The van der Waals surface area contributed by atoms with Gasteiger partial charge in [0.25, 0.3) is 0 Å². The fourth-order valence-corrected chi connectivity index (χ4v) is 3.95. The summed E-state index contributed by atoms with van der Waals surface area (Å²) in [5, 5.41) is 11.2. The van der Waals surface area contributed by atoms with Crippen molar-refractivity contribution in [2.75, 3.05) is 11.4 Å². The second kappa shape index (κ2) is 11.1. The van der Waals surface area contributed by atoms with Gasteiger partial charge in [0, 0.05) is 24.6 Å². The van der Waals surface area contributed by atoms with Crippen molar-refractivity contribution < 1.29 is 14.0 Å². The summed E-state index contributed by atoms with van der Waals surface area (Å²) >= 11 is 0. The number of hydrogen-bond acceptors (Lipinski definition) is 5. The molecule has 9 heteroatoms. The van der Waals surface area contributed by atoms with E-state index in [1.807, 2.05) is 18.2 Å². The number of carbonyl (C=O) groups is 2. The monoisotopic (exact) mass is 488 g/mol. The maximum Gasteiger partial charge on any atom is 0.249 e. The lowest BCUT2D eigenvalue weighted by atomic mass is 10.0. The zero-order valence-corrected chi connectivity index (χ0v) is 20.6. The fourth-order valence-electron chi connectivity index (χ4n) is 3.95. The van der Waals surface area contributed by atoms with Gasteiger partial charge in [-0.25, -0.2) is 9.07 Å². The molecule has 2 aromatic carbocycles. The topological polar surface area (TPSA) is 93.0 Å². The lowest BCUT2D eigenvalue weighted by molar-refractivity contribution is -0.127. The molecule has 36 heavy (non-hydrogen) atoms. The normalized spacial score (nSPS) is 12.0. The highest BCUT2D eigenvalue weighted by Gasteiger charge is 2.33. The highest BCUT2D eigenvalue weighted by molar-refractivity contribution is 6.01. The number of amides is 2. The molecule has 0 bridgehead atoms. The minimum absolute atomic E-state index is 0.184. The SMILES string of the molecule is Cc1ccc(N(C(=O)Cn2nnc3ccccc32)[C@@H](C(=O)NCCC(C)C)c2ccncc2)cc1F. The Bertz CT molecular complexity index is 1350. The Hall–Kier alpha value is -4.14. The molecule has 8 nitrogen and oxygen atoms in total. The number of pyridine rings is 1. The van der Waals surface area contributed by atoms with E-state index in [1.54, 1.807) is 49.6 Å². The Morgan fingerprint density at radius 2 is 1.83 bits per heavy atom. The first-order chi connectivity index (χ1) is 17.3. The van der Waals surface area contributed by atoms with E-state index in [-0.39, 0.29) is 18.1 Å². The molecule has 1 N–H and O–H groups in total. The first-order valence-electron chi connectivity index (χ1n) is 11.9. The Morgan fingerprint density at radius 3 is 2.56 bits per heavy atom. The quantitative estimate of drug-likeness (QED) is 0.381. The van der Waals surface area contributed by atoms with Gasteiger partial charge in [-0.1, -0.05) is 37.3 Å². The number of aromatic nitrogens is 4. The molecular weight excluding hydrogens is 459 g/mol. The Morgan fingerprint density at radius 1 is 1.08 bits per heavy atom. The van der Waals surface area contributed by atoms with E-state index in [9.17, 15) is 14.0 Å². The predicted octanol–water partition coefficient (Wildman–Crippen LogP) is 4.21. The number of para-hydroxylation sites is 1. The number of halogens is 1. The van der Waals surface area contributed by atoms with Crippen molar-refractivity contribution in [3.63, 3.8) is 0 Å². The second-order valence-corrected chi connectivity index (χ2v) is 9.09. The number of nitrogens with one attached hydrogen (secondary N) is 1. The molecule has 0 unspecified atom stereocenters. The number of nitrogens with zero attached hydrogens (tertiary/aromatic N) is 5. The molecule has 186 valence electrons. The first-order valence-corrected chi connectivity index (χ1v) is 11.9. The lowest BCUT2D eigenvalue weighted by Gasteiger charge is -2.31. The lowest BCUT2D eigenvalue weighted by Crippen LogP contribution is -2.45. The summed E-state index contributed by atoms with van der Waals surface area (Å²) in [6, 6.07) is 14.1. The molecule has 0 fully saturated rings. The minimum Gasteiger partial charge on any atom is -0.354 e. The van der Waals surface area contributed by atoms with E-state index in [0.717, 1.165) is 6.42 Å². The van der Waals surface area contributed by atoms with Crippen LogP contribution in [0.3, 0.4) is 0 Å². The van der Waals surface area contributed by atoms with Crippen LogP contribution in [0.2, 0.25) is 0 Å². The van der Waals surface area contributed by atoms with Gasteiger partial charge >= 0.3 is 0 Å². The van der Waals surface area contributed by atoms with E-state index in [4.69, 9.17) is 0 Å². The van der Waals surface area contributed by atoms with Crippen molar-refractivity contribution >= 4 is 28.5 Å². The van der Waals surface area contributed by atoms with Gasteiger partial charge in [-0.3, -0.25) is 19.5 Å². The van der Waals surface area contributed by atoms with Crippen molar-refractivity contribution in [1.82, 2.24) is 25.3 Å². The Kier molecular flexibility index (Phi) is 7.68. The molecule has 0 spiro atoms. The molecule has 0 radical (unpaired) electrons. The largest absolute Gasteiger partial charge is 0.354 e. The highest BCUT2D eigenvalue weighted by atomic mass is 19.1. The van der Waals surface area contributed by atoms with E-state index in [0.29, 0.717) is 34.6 Å². The Balaban J connectivity index is 1.77. The summed E-state index contributed by atoms with van der Waals surface area (Å²) in [6.07, 6.45) is 3.91. The molecule has 2 amide bonds. The highest BCUT2D eigenvalue weighted by Crippen LogP contribution is 2.30. The van der Waals surface area contributed by atoms with Gasteiger partial charge in [0.2, 0.25) is 11.8 Å². The molecule has 4 aromatic rings. The zero-order chi connectivity index (χ0) is 25.7. The molecule has 0 aliphatic heterocycles. The average molecular weight is 489 g/mol. The number of hydrogen-bond donors (Lipinski definition) is 1. The van der Waals surface area contributed by atoms with Crippen LogP contribution in [-0.2, 0) is 16.1 Å². The average Bonchev–Trinajstić information content (AvgIpc) is 3.27. The van der Waals surface area contributed by atoms with Crippen LogP contribution in [0.15, 0.2) is 67.0 Å². The summed E-state index contributed by atoms with van der Waals surface area (Å²) in [4.78, 5) is 32.8. The van der Waals surface area contributed by atoms with E-state index < -0.39 is 17.8 Å². The third kappa shape index (κ3) is 5.56. The molecule has 4 rings (SSSR count). The van der Waals surface area contributed by atoms with Crippen LogP contribution in [0.5, 0.6) is 0 Å². The number of benzene rings is 2. The van der Waals surface area contributed by atoms with Crippen LogP contribution in [-0.4, -0.2) is 38.3 Å². The summed E-state index contributed by atoms with van der Waals surface area (Å²) in [7, 11) is 0. The van der Waals surface area contributed by atoms with Crippen LogP contribution in [0.1, 0.15) is 37.4 Å². The van der Waals surface area contributed by atoms with Crippen LogP contribution in [0, 0.1) is 18.7 Å². The van der Waals surface area contributed by atoms with Crippen LogP contribution >= 0.6 is 0 Å². The summed E-state index contributed by atoms with van der Waals surface area (Å²) < 4.78 is 16.2. The molecule has 0 aliphatic rings. The predicted molar refractivity (Wildman–Crippen MR) is 136 cm³/mol. The molecule has 0 saturated heterocycles. The zero-order valence-electron chi connectivity index (χ0n) is 20.6. The number of anilines is 1. The molecule has 0 saturated carbocycles. The molecule has 1 atom stereocenters. The fraction of sp³-hybridized carbons (Fsp3) is 0.296. The second-order valence-electron chi connectivity index (χ2n) is 9.09. The summed E-state index contributed by atoms with van der Waals surface area (Å²) in [5.74, 6) is -0.867. The van der Waals surface area contributed by atoms with Gasteiger partial charge in [0.1, 0.15) is 23.9 Å². The summed E-state index contributed by atoms with van der Waals surface area (Å²) in [6.45, 7) is 6.05. The van der Waals surface area contributed by atoms with Crippen LogP contribution < -0.4 is 10.2 Å². The molecule has 2 aromatic heterocycles. The van der Waals surface area contributed by atoms with Gasteiger partial charge in [-0.05, 0) is 66.8 Å². The smallest absolute Gasteiger partial charge is 0.249 e. The Labute approximate surface area is 209 Å².